The van der Waals surface area contributed by atoms with Gasteiger partial charge in [0.05, 0.1) is 6.61 Å². The zero-order chi connectivity index (χ0) is 14.0. The summed E-state index contributed by atoms with van der Waals surface area (Å²) >= 11 is 0. The fourth-order valence-electron chi connectivity index (χ4n) is 1.85. The number of benzene rings is 1. The normalized spacial score (nSPS) is 35.1. The van der Waals surface area contributed by atoms with Crippen LogP contribution < -0.4 is 10.5 Å². The molecule has 0 aromatic heterocycles. The van der Waals surface area contributed by atoms with Crippen molar-refractivity contribution in [1.29, 1.82) is 0 Å². The average Bonchev–Trinajstić information content (AvgIpc) is 2.42. The second kappa shape index (κ2) is 5.72. The van der Waals surface area contributed by atoms with Crippen LogP contribution in [0.2, 0.25) is 0 Å². The Morgan fingerprint density at radius 2 is 1.68 bits per heavy atom. The van der Waals surface area contributed by atoms with Crippen molar-refractivity contribution < 1.29 is 29.9 Å². The van der Waals surface area contributed by atoms with Crippen molar-refractivity contribution in [1.82, 2.24) is 0 Å². The molecule has 1 aromatic rings. The maximum Gasteiger partial charge on any atom is 0.229 e. The van der Waals surface area contributed by atoms with Crippen molar-refractivity contribution in [3.63, 3.8) is 0 Å². The van der Waals surface area contributed by atoms with Gasteiger partial charge in [-0.1, -0.05) is 0 Å². The van der Waals surface area contributed by atoms with Gasteiger partial charge in [0.1, 0.15) is 30.2 Å². The predicted molar refractivity (Wildman–Crippen MR) is 65.2 cm³/mol. The lowest BCUT2D eigenvalue weighted by molar-refractivity contribution is -0.277. The van der Waals surface area contributed by atoms with Crippen LogP contribution in [0.5, 0.6) is 5.75 Å². The van der Waals surface area contributed by atoms with Crippen molar-refractivity contribution in [3.8, 4) is 5.75 Å². The number of aliphatic hydroxyl groups is 4. The fourth-order valence-corrected chi connectivity index (χ4v) is 1.85. The summed E-state index contributed by atoms with van der Waals surface area (Å²) in [5, 5.41) is 38.0. The molecule has 0 saturated carbocycles. The zero-order valence-electron chi connectivity index (χ0n) is 10.1. The third-order valence-corrected chi connectivity index (χ3v) is 2.98. The molecule has 1 aliphatic heterocycles. The van der Waals surface area contributed by atoms with E-state index in [1.54, 1.807) is 24.3 Å². The molecular weight excluding hydrogens is 254 g/mol. The number of hydrogen-bond acceptors (Lipinski definition) is 7. The molecule has 0 aliphatic carbocycles. The van der Waals surface area contributed by atoms with Crippen LogP contribution in [-0.4, -0.2) is 57.7 Å². The first kappa shape index (κ1) is 14.0. The number of aliphatic hydroxyl groups excluding tert-OH is 4. The van der Waals surface area contributed by atoms with Gasteiger partial charge in [-0.25, -0.2) is 0 Å². The molecule has 0 spiro atoms. The minimum Gasteiger partial charge on any atom is -0.462 e. The van der Waals surface area contributed by atoms with E-state index in [0.29, 0.717) is 11.4 Å². The second-order valence-electron chi connectivity index (χ2n) is 4.38. The summed E-state index contributed by atoms with van der Waals surface area (Å²) in [5.41, 5.74) is 6.09. The van der Waals surface area contributed by atoms with E-state index in [4.69, 9.17) is 20.3 Å². The van der Waals surface area contributed by atoms with Crippen molar-refractivity contribution in [2.75, 3.05) is 12.3 Å². The highest BCUT2D eigenvalue weighted by atomic mass is 16.7. The molecule has 7 heteroatoms. The lowest BCUT2D eigenvalue weighted by Crippen LogP contribution is -2.60. The highest BCUT2D eigenvalue weighted by Crippen LogP contribution is 2.24. The highest BCUT2D eigenvalue weighted by Gasteiger charge is 2.44. The van der Waals surface area contributed by atoms with Gasteiger partial charge in [0.2, 0.25) is 6.29 Å². The molecule has 5 atom stereocenters. The van der Waals surface area contributed by atoms with Gasteiger partial charge in [-0.15, -0.1) is 0 Å². The summed E-state index contributed by atoms with van der Waals surface area (Å²) in [6, 6.07) is 6.38. The molecule has 1 saturated heterocycles. The van der Waals surface area contributed by atoms with Crippen LogP contribution in [0.4, 0.5) is 5.69 Å². The smallest absolute Gasteiger partial charge is 0.229 e. The summed E-state index contributed by atoms with van der Waals surface area (Å²) < 4.78 is 10.6. The van der Waals surface area contributed by atoms with Crippen LogP contribution in [0.25, 0.3) is 0 Å². The summed E-state index contributed by atoms with van der Waals surface area (Å²) in [5.74, 6) is 0.388. The van der Waals surface area contributed by atoms with Crippen LogP contribution in [0, 0.1) is 0 Å². The van der Waals surface area contributed by atoms with E-state index < -0.39 is 37.3 Å². The molecule has 0 amide bonds. The molecule has 0 bridgehead atoms. The van der Waals surface area contributed by atoms with E-state index in [1.807, 2.05) is 0 Å². The quantitative estimate of drug-likeness (QED) is 0.421. The van der Waals surface area contributed by atoms with Gasteiger partial charge in [-0.05, 0) is 24.3 Å². The first-order valence-corrected chi connectivity index (χ1v) is 5.85. The Morgan fingerprint density at radius 1 is 1.05 bits per heavy atom. The summed E-state index contributed by atoms with van der Waals surface area (Å²) in [6.45, 7) is -0.494. The zero-order valence-corrected chi connectivity index (χ0v) is 10.1. The Morgan fingerprint density at radius 3 is 2.26 bits per heavy atom. The number of rotatable bonds is 3. The maximum absolute atomic E-state index is 9.77. The molecule has 7 nitrogen and oxygen atoms in total. The second-order valence-corrected chi connectivity index (χ2v) is 4.38. The molecule has 1 heterocycles. The van der Waals surface area contributed by atoms with Crippen molar-refractivity contribution >= 4 is 5.69 Å². The Kier molecular flexibility index (Phi) is 4.23. The van der Waals surface area contributed by atoms with E-state index in [9.17, 15) is 15.3 Å². The molecule has 0 unspecified atom stereocenters. The molecule has 1 aromatic carbocycles. The number of hydrogen-bond donors (Lipinski definition) is 5. The van der Waals surface area contributed by atoms with Crippen molar-refractivity contribution in [2.45, 2.75) is 30.7 Å². The van der Waals surface area contributed by atoms with Crippen LogP contribution in [0.1, 0.15) is 0 Å². The maximum atomic E-state index is 9.77. The molecule has 1 fully saturated rings. The Bertz CT molecular complexity index is 409. The standard InChI is InChI=1S/C12H17NO6/c13-6-1-3-7(4-2-6)18-12-11(17)10(16)9(15)8(5-14)19-12/h1-4,8-12,14-17H,5,13H2/t8-,9-,10-,11-,12+/m1/s1. The van der Waals surface area contributed by atoms with Gasteiger partial charge in [0.25, 0.3) is 0 Å². The third-order valence-electron chi connectivity index (χ3n) is 2.98. The third kappa shape index (κ3) is 2.96. The highest BCUT2D eigenvalue weighted by molar-refractivity contribution is 5.41. The van der Waals surface area contributed by atoms with E-state index in [0.717, 1.165) is 0 Å². The minimum atomic E-state index is -1.45. The van der Waals surface area contributed by atoms with Crippen LogP contribution >= 0.6 is 0 Å². The minimum absolute atomic E-state index is 0.388. The lowest BCUT2D eigenvalue weighted by atomic mass is 9.99. The Balaban J connectivity index is 2.08. The Hall–Kier alpha value is -1.38. The largest absolute Gasteiger partial charge is 0.462 e. The van der Waals surface area contributed by atoms with E-state index in [-0.39, 0.29) is 0 Å². The molecule has 2 rings (SSSR count). The van der Waals surface area contributed by atoms with E-state index >= 15 is 0 Å². The summed E-state index contributed by atoms with van der Waals surface area (Å²) in [7, 11) is 0. The lowest BCUT2D eigenvalue weighted by Gasteiger charge is -2.39. The summed E-state index contributed by atoms with van der Waals surface area (Å²) in [4.78, 5) is 0. The molecule has 0 radical (unpaired) electrons. The molecule has 19 heavy (non-hydrogen) atoms. The predicted octanol–water partition coefficient (Wildman–Crippen LogP) is -1.55. The molecule has 1 aliphatic rings. The van der Waals surface area contributed by atoms with Gasteiger partial charge in [0.15, 0.2) is 0 Å². The van der Waals surface area contributed by atoms with Gasteiger partial charge >= 0.3 is 0 Å². The topological polar surface area (TPSA) is 125 Å². The van der Waals surface area contributed by atoms with Crippen molar-refractivity contribution in [2.24, 2.45) is 0 Å². The van der Waals surface area contributed by atoms with Gasteiger partial charge in [-0.2, -0.15) is 0 Å². The van der Waals surface area contributed by atoms with Gasteiger partial charge in [0, 0.05) is 5.69 Å². The fraction of sp³-hybridized carbons (Fsp3) is 0.500. The van der Waals surface area contributed by atoms with E-state index in [1.165, 1.54) is 0 Å². The van der Waals surface area contributed by atoms with Crippen LogP contribution in [0.3, 0.4) is 0 Å². The van der Waals surface area contributed by atoms with Crippen LogP contribution in [0.15, 0.2) is 24.3 Å². The summed E-state index contributed by atoms with van der Waals surface area (Å²) in [6.07, 6.45) is -6.44. The van der Waals surface area contributed by atoms with Gasteiger partial charge in [-0.3, -0.25) is 0 Å². The SMILES string of the molecule is Nc1ccc(O[C@H]2O[C@H](CO)[C@@H](O)[C@@H](O)[C@H]2O)cc1. The number of nitrogen functional groups attached to an aromatic ring is 1. The molecule has 6 N–H and O–H groups in total. The monoisotopic (exact) mass is 271 g/mol. The molecular formula is C12H17NO6. The Labute approximate surface area is 109 Å². The number of nitrogens with two attached hydrogens (primary N) is 1. The first-order valence-electron chi connectivity index (χ1n) is 5.85. The first-order chi connectivity index (χ1) is 9.02. The average molecular weight is 271 g/mol. The number of anilines is 1. The van der Waals surface area contributed by atoms with E-state index in [2.05, 4.69) is 0 Å². The molecule has 106 valence electrons. The van der Waals surface area contributed by atoms with Crippen LogP contribution in [-0.2, 0) is 4.74 Å². The van der Waals surface area contributed by atoms with Gasteiger partial charge < -0.3 is 35.6 Å². The number of ether oxygens (including phenoxy) is 2. The van der Waals surface area contributed by atoms with Crippen molar-refractivity contribution in [3.05, 3.63) is 24.3 Å².